The lowest BCUT2D eigenvalue weighted by Gasteiger charge is -2.17. The number of carbonyl (C=O) groups is 1. The molecule has 0 bridgehead atoms. The van der Waals surface area contributed by atoms with Gasteiger partial charge in [-0.05, 0) is 23.6 Å². The molecule has 0 aromatic carbocycles. The first kappa shape index (κ1) is 15.7. The highest BCUT2D eigenvalue weighted by Crippen LogP contribution is 2.29. The first-order chi connectivity index (χ1) is 11.3. The lowest BCUT2D eigenvalue weighted by Crippen LogP contribution is -2.33. The summed E-state index contributed by atoms with van der Waals surface area (Å²) in [4.78, 5) is 19.0. The Bertz CT molecular complexity index is 759. The third-order valence-corrected chi connectivity index (χ3v) is 4.90. The molecule has 118 valence electrons. The normalized spacial score (nSPS) is 10.7. The van der Waals surface area contributed by atoms with Gasteiger partial charge >= 0.3 is 0 Å². The van der Waals surface area contributed by atoms with Gasteiger partial charge in [0.25, 0.3) is 5.91 Å². The maximum Gasteiger partial charge on any atom is 0.270 e. The Morgan fingerprint density at radius 2 is 2.22 bits per heavy atom. The number of aromatic nitrogens is 3. The van der Waals surface area contributed by atoms with Gasteiger partial charge in [-0.25, -0.2) is 0 Å². The molecule has 8 heteroatoms. The maximum atomic E-state index is 12.7. The fraction of sp³-hybridized carbons (Fsp3) is 0.200. The molecule has 0 saturated carbocycles. The number of hydrogen-bond donors (Lipinski definition) is 0. The third-order valence-electron chi connectivity index (χ3n) is 3.05. The summed E-state index contributed by atoms with van der Waals surface area (Å²) in [5.41, 5.74) is 0.881. The van der Waals surface area contributed by atoms with Crippen molar-refractivity contribution in [2.75, 3.05) is 25.2 Å². The molecule has 0 aliphatic rings. The summed E-state index contributed by atoms with van der Waals surface area (Å²) < 4.78 is 5.11. The van der Waals surface area contributed by atoms with Crippen molar-refractivity contribution in [1.82, 2.24) is 15.2 Å². The predicted octanol–water partition coefficient (Wildman–Crippen LogP) is 2.95. The van der Waals surface area contributed by atoms with Gasteiger partial charge in [0, 0.05) is 25.1 Å². The molecule has 3 aromatic rings. The Morgan fingerprint density at radius 1 is 1.30 bits per heavy atom. The Kier molecular flexibility index (Phi) is 5.06. The van der Waals surface area contributed by atoms with Crippen LogP contribution in [-0.4, -0.2) is 41.3 Å². The standard InChI is InChI=1S/C15H14N4O2S2/c1-21-8-7-19(14(20)12-5-3-9-22-12)15-18-17-13(23-15)11-4-2-6-16-10-11/h2-6,9-10H,7-8H2,1H3. The molecular formula is C15H14N4O2S2. The number of ether oxygens (including phenoxy) is 1. The van der Waals surface area contributed by atoms with Gasteiger partial charge in [0.05, 0.1) is 18.0 Å². The van der Waals surface area contributed by atoms with E-state index in [2.05, 4.69) is 15.2 Å². The highest BCUT2D eigenvalue weighted by Gasteiger charge is 2.22. The van der Waals surface area contributed by atoms with Crippen molar-refractivity contribution in [2.24, 2.45) is 0 Å². The van der Waals surface area contributed by atoms with Crippen molar-refractivity contribution in [3.63, 3.8) is 0 Å². The second-order valence-electron chi connectivity index (χ2n) is 4.56. The van der Waals surface area contributed by atoms with Crippen LogP contribution in [0.5, 0.6) is 0 Å². The monoisotopic (exact) mass is 346 g/mol. The summed E-state index contributed by atoms with van der Waals surface area (Å²) >= 11 is 2.77. The van der Waals surface area contributed by atoms with Crippen LogP contribution in [-0.2, 0) is 4.74 Å². The van der Waals surface area contributed by atoms with Crippen LogP contribution < -0.4 is 4.90 Å². The first-order valence-corrected chi connectivity index (χ1v) is 8.57. The average Bonchev–Trinajstić information content (AvgIpc) is 3.28. The Morgan fingerprint density at radius 3 is 2.91 bits per heavy atom. The maximum absolute atomic E-state index is 12.7. The fourth-order valence-corrected chi connectivity index (χ4v) is 3.46. The van der Waals surface area contributed by atoms with E-state index in [9.17, 15) is 4.79 Å². The quantitative estimate of drug-likeness (QED) is 0.686. The van der Waals surface area contributed by atoms with E-state index >= 15 is 0 Å². The zero-order valence-electron chi connectivity index (χ0n) is 12.4. The molecule has 0 aliphatic heterocycles. The van der Waals surface area contributed by atoms with E-state index in [4.69, 9.17) is 4.74 Å². The molecule has 0 saturated heterocycles. The van der Waals surface area contributed by atoms with E-state index in [1.54, 1.807) is 30.5 Å². The van der Waals surface area contributed by atoms with E-state index in [0.29, 0.717) is 23.2 Å². The van der Waals surface area contributed by atoms with Crippen molar-refractivity contribution in [2.45, 2.75) is 0 Å². The van der Waals surface area contributed by atoms with Crippen molar-refractivity contribution >= 4 is 33.7 Å². The van der Waals surface area contributed by atoms with Gasteiger partial charge in [0.15, 0.2) is 5.01 Å². The topological polar surface area (TPSA) is 68.2 Å². The lowest BCUT2D eigenvalue weighted by molar-refractivity contribution is 0.0979. The summed E-state index contributed by atoms with van der Waals surface area (Å²) in [6.07, 6.45) is 3.43. The minimum atomic E-state index is -0.0917. The van der Waals surface area contributed by atoms with Crippen LogP contribution in [0.15, 0.2) is 42.0 Å². The highest BCUT2D eigenvalue weighted by molar-refractivity contribution is 7.18. The van der Waals surface area contributed by atoms with E-state index in [1.807, 2.05) is 23.6 Å². The number of methoxy groups -OCH3 is 1. The van der Waals surface area contributed by atoms with Crippen LogP contribution in [0.3, 0.4) is 0 Å². The molecule has 0 spiro atoms. The summed E-state index contributed by atoms with van der Waals surface area (Å²) in [7, 11) is 1.61. The molecular weight excluding hydrogens is 332 g/mol. The molecule has 6 nitrogen and oxygen atoms in total. The molecule has 0 aliphatic carbocycles. The van der Waals surface area contributed by atoms with Crippen molar-refractivity contribution in [3.05, 3.63) is 46.9 Å². The zero-order valence-corrected chi connectivity index (χ0v) is 14.0. The number of pyridine rings is 1. The van der Waals surface area contributed by atoms with Crippen molar-refractivity contribution in [1.29, 1.82) is 0 Å². The van der Waals surface area contributed by atoms with E-state index < -0.39 is 0 Å². The molecule has 0 atom stereocenters. The minimum absolute atomic E-state index is 0.0917. The third kappa shape index (κ3) is 3.61. The summed E-state index contributed by atoms with van der Waals surface area (Å²) in [5.74, 6) is -0.0917. The molecule has 1 amide bonds. The van der Waals surface area contributed by atoms with Gasteiger partial charge in [-0.1, -0.05) is 17.4 Å². The van der Waals surface area contributed by atoms with Gasteiger partial charge in [0.2, 0.25) is 5.13 Å². The average molecular weight is 346 g/mol. The van der Waals surface area contributed by atoms with Crippen molar-refractivity contribution < 1.29 is 9.53 Å². The number of carbonyl (C=O) groups excluding carboxylic acids is 1. The van der Waals surface area contributed by atoms with Crippen LogP contribution >= 0.6 is 22.7 Å². The smallest absolute Gasteiger partial charge is 0.270 e. The molecule has 23 heavy (non-hydrogen) atoms. The predicted molar refractivity (Wildman–Crippen MR) is 91.0 cm³/mol. The van der Waals surface area contributed by atoms with Crippen LogP contribution in [0, 0.1) is 0 Å². The van der Waals surface area contributed by atoms with Gasteiger partial charge in [0.1, 0.15) is 0 Å². The van der Waals surface area contributed by atoms with Crippen LogP contribution in [0.2, 0.25) is 0 Å². The van der Waals surface area contributed by atoms with E-state index in [0.717, 1.165) is 10.6 Å². The first-order valence-electron chi connectivity index (χ1n) is 6.88. The van der Waals surface area contributed by atoms with Crippen LogP contribution in [0.25, 0.3) is 10.6 Å². The molecule has 0 fully saturated rings. The minimum Gasteiger partial charge on any atom is -0.383 e. The van der Waals surface area contributed by atoms with Gasteiger partial charge in [-0.3, -0.25) is 14.7 Å². The largest absolute Gasteiger partial charge is 0.383 e. The zero-order chi connectivity index (χ0) is 16.1. The summed E-state index contributed by atoms with van der Waals surface area (Å²) in [6.45, 7) is 0.855. The Hall–Kier alpha value is -2.16. The number of hydrogen-bond acceptors (Lipinski definition) is 7. The van der Waals surface area contributed by atoms with Crippen molar-refractivity contribution in [3.8, 4) is 10.6 Å². The molecule has 3 aromatic heterocycles. The molecule has 3 heterocycles. The molecule has 0 unspecified atom stereocenters. The van der Waals surface area contributed by atoms with Gasteiger partial charge in [-0.2, -0.15) is 0 Å². The second kappa shape index (κ2) is 7.40. The highest BCUT2D eigenvalue weighted by atomic mass is 32.1. The number of rotatable bonds is 6. The molecule has 3 rings (SSSR count). The Labute approximate surface area is 141 Å². The van der Waals surface area contributed by atoms with Gasteiger partial charge < -0.3 is 4.74 Å². The molecule has 0 N–H and O–H groups in total. The number of amides is 1. The number of nitrogens with zero attached hydrogens (tertiary/aromatic N) is 4. The number of thiophene rings is 1. The second-order valence-corrected chi connectivity index (χ2v) is 6.46. The Balaban J connectivity index is 1.88. The van der Waals surface area contributed by atoms with Gasteiger partial charge in [-0.15, -0.1) is 21.5 Å². The van der Waals surface area contributed by atoms with E-state index in [1.165, 1.54) is 22.7 Å². The lowest BCUT2D eigenvalue weighted by atomic mass is 10.3. The SMILES string of the molecule is COCCN(C(=O)c1cccs1)c1nnc(-c2cccnc2)s1. The summed E-state index contributed by atoms with van der Waals surface area (Å²) in [6, 6.07) is 7.41. The molecule has 0 radical (unpaired) electrons. The van der Waals surface area contributed by atoms with E-state index in [-0.39, 0.29) is 5.91 Å². The summed E-state index contributed by atoms with van der Waals surface area (Å²) in [5, 5.41) is 11.5. The van der Waals surface area contributed by atoms with Crippen LogP contribution in [0.1, 0.15) is 9.67 Å². The number of anilines is 1. The van der Waals surface area contributed by atoms with Crippen LogP contribution in [0.4, 0.5) is 5.13 Å². The fourth-order valence-electron chi connectivity index (χ4n) is 1.93.